The maximum absolute atomic E-state index is 13.7. The predicted molar refractivity (Wildman–Crippen MR) is 149 cm³/mol. The number of amides is 2. The zero-order chi connectivity index (χ0) is 25.6. The predicted octanol–water partition coefficient (Wildman–Crippen LogP) is 3.82. The Balaban J connectivity index is 1.39. The highest BCUT2D eigenvalue weighted by Crippen LogP contribution is 2.28. The van der Waals surface area contributed by atoms with Gasteiger partial charge in [0.15, 0.2) is 0 Å². The highest BCUT2D eigenvalue weighted by molar-refractivity contribution is 7.12. The Morgan fingerprint density at radius 2 is 1.73 bits per heavy atom. The maximum Gasteiger partial charge on any atom is 0.264 e. The Hall–Kier alpha value is -3.00. The average Bonchev–Trinajstić information content (AvgIpc) is 3.64. The standard InChI is InChI=1S/C30H36N4O2S/c1-23-9-11-25(12-10-23)21-33(16-13-24-6-3-2-4-7-24)26-20-27(29(35)32-17-14-31-15-18-32)34(22-26)30(36)28-8-5-19-37-28/h2-12,19,26-27,31H,13-18,20-22H2,1H3. The van der Waals surface area contributed by atoms with Crippen LogP contribution in [0.1, 0.15) is 32.8 Å². The van der Waals surface area contributed by atoms with Crippen molar-refractivity contribution in [3.05, 3.63) is 93.7 Å². The number of nitrogens with zero attached hydrogens (tertiary/aromatic N) is 3. The molecule has 6 nitrogen and oxygen atoms in total. The first kappa shape index (κ1) is 25.6. The number of nitrogens with one attached hydrogen (secondary N) is 1. The number of thiophene rings is 1. The van der Waals surface area contributed by atoms with Crippen LogP contribution >= 0.6 is 11.3 Å². The van der Waals surface area contributed by atoms with Gasteiger partial charge < -0.3 is 15.1 Å². The molecule has 0 saturated carbocycles. The van der Waals surface area contributed by atoms with Crippen LogP contribution in [-0.2, 0) is 17.8 Å². The van der Waals surface area contributed by atoms with Crippen molar-refractivity contribution in [2.24, 2.45) is 0 Å². The van der Waals surface area contributed by atoms with Crippen LogP contribution < -0.4 is 5.32 Å². The molecule has 2 aliphatic rings. The van der Waals surface area contributed by atoms with Crippen LogP contribution in [0.5, 0.6) is 0 Å². The van der Waals surface area contributed by atoms with E-state index in [0.717, 1.165) is 32.6 Å². The second-order valence-corrected chi connectivity index (χ2v) is 11.1. The minimum absolute atomic E-state index is 0.0238. The number of likely N-dealkylation sites (tertiary alicyclic amines) is 1. The molecule has 2 atom stereocenters. The van der Waals surface area contributed by atoms with Gasteiger partial charge in [-0.25, -0.2) is 0 Å². The Morgan fingerprint density at radius 1 is 0.973 bits per heavy atom. The van der Waals surface area contributed by atoms with Crippen molar-refractivity contribution in [2.75, 3.05) is 39.3 Å². The molecule has 1 aromatic heterocycles. The smallest absolute Gasteiger partial charge is 0.264 e. The van der Waals surface area contributed by atoms with E-state index in [1.165, 1.54) is 28.0 Å². The Labute approximate surface area is 223 Å². The first-order valence-electron chi connectivity index (χ1n) is 13.3. The fraction of sp³-hybridized carbons (Fsp3) is 0.400. The summed E-state index contributed by atoms with van der Waals surface area (Å²) in [6, 6.07) is 22.7. The second-order valence-electron chi connectivity index (χ2n) is 10.1. The van der Waals surface area contributed by atoms with Crippen LogP contribution in [0.4, 0.5) is 0 Å². The summed E-state index contributed by atoms with van der Waals surface area (Å²) in [4.78, 5) is 34.3. The van der Waals surface area contributed by atoms with Gasteiger partial charge in [0, 0.05) is 51.9 Å². The lowest BCUT2D eigenvalue weighted by atomic mass is 10.1. The Bertz CT molecular complexity index is 1160. The molecular formula is C30H36N4O2S. The third-order valence-corrected chi connectivity index (χ3v) is 8.40. The number of piperazine rings is 1. The summed E-state index contributed by atoms with van der Waals surface area (Å²) >= 11 is 1.45. The molecular weight excluding hydrogens is 480 g/mol. The molecule has 2 aliphatic heterocycles. The first-order valence-corrected chi connectivity index (χ1v) is 14.1. The fourth-order valence-corrected chi connectivity index (χ4v) is 6.09. The van der Waals surface area contributed by atoms with Crippen molar-refractivity contribution in [3.63, 3.8) is 0 Å². The molecule has 2 fully saturated rings. The highest BCUT2D eigenvalue weighted by atomic mass is 32.1. The van der Waals surface area contributed by atoms with Gasteiger partial charge in [0.25, 0.3) is 5.91 Å². The first-order chi connectivity index (χ1) is 18.1. The number of aryl methyl sites for hydroxylation is 1. The van der Waals surface area contributed by atoms with E-state index in [9.17, 15) is 9.59 Å². The second kappa shape index (κ2) is 12.0. The van der Waals surface area contributed by atoms with E-state index in [-0.39, 0.29) is 17.9 Å². The van der Waals surface area contributed by atoms with Crippen molar-refractivity contribution < 1.29 is 9.59 Å². The van der Waals surface area contributed by atoms with Gasteiger partial charge in [-0.1, -0.05) is 66.2 Å². The maximum atomic E-state index is 13.7. The van der Waals surface area contributed by atoms with Gasteiger partial charge in [-0.3, -0.25) is 14.5 Å². The average molecular weight is 517 g/mol. The van der Waals surface area contributed by atoms with E-state index in [2.05, 4.69) is 65.7 Å². The van der Waals surface area contributed by atoms with Gasteiger partial charge in [0.05, 0.1) is 4.88 Å². The molecule has 2 unspecified atom stereocenters. The molecule has 2 amide bonds. The Morgan fingerprint density at radius 3 is 2.43 bits per heavy atom. The quantitative estimate of drug-likeness (QED) is 0.495. The zero-order valence-electron chi connectivity index (χ0n) is 21.5. The van der Waals surface area contributed by atoms with Crippen LogP contribution in [0.15, 0.2) is 72.1 Å². The van der Waals surface area contributed by atoms with Crippen molar-refractivity contribution in [1.29, 1.82) is 0 Å². The summed E-state index contributed by atoms with van der Waals surface area (Å²) in [6.07, 6.45) is 1.60. The van der Waals surface area contributed by atoms with E-state index >= 15 is 0 Å². The van der Waals surface area contributed by atoms with Crippen molar-refractivity contribution >= 4 is 23.2 Å². The fourth-order valence-electron chi connectivity index (χ4n) is 5.41. The SMILES string of the molecule is Cc1ccc(CN(CCc2ccccc2)C2CC(C(=O)N3CCNCC3)N(C(=O)c3cccs3)C2)cc1. The molecule has 2 saturated heterocycles. The van der Waals surface area contributed by atoms with Crippen LogP contribution in [0.25, 0.3) is 0 Å². The molecule has 37 heavy (non-hydrogen) atoms. The summed E-state index contributed by atoms with van der Waals surface area (Å²) in [5.41, 5.74) is 3.80. The summed E-state index contributed by atoms with van der Waals surface area (Å²) in [5, 5.41) is 5.25. The van der Waals surface area contributed by atoms with Crippen LogP contribution in [0.3, 0.4) is 0 Å². The molecule has 3 heterocycles. The molecule has 1 N–H and O–H groups in total. The molecule has 3 aromatic rings. The summed E-state index contributed by atoms with van der Waals surface area (Å²) in [7, 11) is 0. The van der Waals surface area contributed by atoms with Crippen LogP contribution in [-0.4, -0.2) is 77.9 Å². The zero-order valence-corrected chi connectivity index (χ0v) is 22.3. The van der Waals surface area contributed by atoms with E-state index in [1.54, 1.807) is 0 Å². The summed E-state index contributed by atoms with van der Waals surface area (Å²) in [5.74, 6) is 0.0663. The molecule has 0 bridgehead atoms. The van der Waals surface area contributed by atoms with Gasteiger partial charge >= 0.3 is 0 Å². The lowest BCUT2D eigenvalue weighted by molar-refractivity contribution is -0.135. The Kier molecular flexibility index (Phi) is 8.34. The topological polar surface area (TPSA) is 55.9 Å². The molecule has 5 rings (SSSR count). The molecule has 0 radical (unpaired) electrons. The molecule has 194 valence electrons. The van der Waals surface area contributed by atoms with E-state index in [1.807, 2.05) is 33.4 Å². The number of carbonyl (C=O) groups excluding carboxylic acids is 2. The largest absolute Gasteiger partial charge is 0.338 e. The van der Waals surface area contributed by atoms with Gasteiger partial charge in [-0.15, -0.1) is 11.3 Å². The molecule has 0 aliphatic carbocycles. The number of rotatable bonds is 8. The summed E-state index contributed by atoms with van der Waals surface area (Å²) < 4.78 is 0. The summed E-state index contributed by atoms with van der Waals surface area (Å²) in [6.45, 7) is 7.35. The number of hydrogen-bond acceptors (Lipinski definition) is 5. The van der Waals surface area contributed by atoms with Crippen molar-refractivity contribution in [2.45, 2.75) is 38.4 Å². The van der Waals surface area contributed by atoms with Gasteiger partial charge in [-0.05, 0) is 42.3 Å². The number of benzene rings is 2. The molecule has 0 spiro atoms. The molecule has 2 aromatic carbocycles. The highest BCUT2D eigenvalue weighted by Gasteiger charge is 2.43. The van der Waals surface area contributed by atoms with Gasteiger partial charge in [-0.2, -0.15) is 0 Å². The lowest BCUT2D eigenvalue weighted by Crippen LogP contribution is -2.53. The van der Waals surface area contributed by atoms with Gasteiger partial charge in [0.2, 0.25) is 5.91 Å². The third kappa shape index (κ3) is 6.29. The number of carbonyl (C=O) groups is 2. The van der Waals surface area contributed by atoms with E-state index < -0.39 is 6.04 Å². The lowest BCUT2D eigenvalue weighted by Gasteiger charge is -2.32. The minimum Gasteiger partial charge on any atom is -0.338 e. The monoisotopic (exact) mass is 516 g/mol. The minimum atomic E-state index is -0.421. The number of hydrogen-bond donors (Lipinski definition) is 1. The normalized spacial score (nSPS) is 19.9. The van der Waals surface area contributed by atoms with Crippen LogP contribution in [0, 0.1) is 6.92 Å². The van der Waals surface area contributed by atoms with E-state index in [0.29, 0.717) is 30.9 Å². The van der Waals surface area contributed by atoms with Crippen LogP contribution in [0.2, 0.25) is 0 Å². The molecule has 7 heteroatoms. The van der Waals surface area contributed by atoms with E-state index in [4.69, 9.17) is 0 Å². The van der Waals surface area contributed by atoms with Gasteiger partial charge in [0.1, 0.15) is 6.04 Å². The van der Waals surface area contributed by atoms with Crippen molar-refractivity contribution in [1.82, 2.24) is 20.0 Å². The third-order valence-electron chi connectivity index (χ3n) is 7.54. The van der Waals surface area contributed by atoms with Crippen molar-refractivity contribution in [3.8, 4) is 0 Å².